The molecule has 0 bridgehead atoms. The molecule has 1 rings (SSSR count). The lowest BCUT2D eigenvalue weighted by molar-refractivity contribution is 0.0426. The number of aldehydes is 1. The van der Waals surface area contributed by atoms with Gasteiger partial charge >= 0.3 is 18.2 Å². The smallest absolute Gasteiger partial charge is 0.424 e. The van der Waals surface area contributed by atoms with Crippen LogP contribution >= 0.6 is 0 Å². The lowest BCUT2D eigenvalue weighted by Gasteiger charge is -2.29. The molecule has 0 atom stereocenters. The molecule has 0 aliphatic carbocycles. The Balaban J connectivity index is 3.74. The summed E-state index contributed by atoms with van der Waals surface area (Å²) >= 11 is 0. The SMILES string of the molecule is COC(=O)c1nc(C=O)cc(N(C(=O)OC(C)(C)C)C(=O)OC(C)(C)C)c1OC. The highest BCUT2D eigenvalue weighted by atomic mass is 16.6. The monoisotopic (exact) mass is 410 g/mol. The molecule has 0 aliphatic heterocycles. The minimum absolute atomic E-state index is 0.238. The molecule has 1 heterocycles. The fourth-order valence-electron chi connectivity index (χ4n) is 2.09. The number of methoxy groups -OCH3 is 2. The first kappa shape index (κ1) is 23.9. The molecule has 160 valence electrons. The van der Waals surface area contributed by atoms with Crippen molar-refractivity contribution >= 4 is 30.1 Å². The van der Waals surface area contributed by atoms with Crippen LogP contribution in [-0.2, 0) is 14.2 Å². The van der Waals surface area contributed by atoms with Crippen LogP contribution in [0.4, 0.5) is 15.3 Å². The molecular weight excluding hydrogens is 384 g/mol. The number of pyridine rings is 1. The Kier molecular flexibility index (Phi) is 7.32. The summed E-state index contributed by atoms with van der Waals surface area (Å²) < 4.78 is 20.4. The Labute approximate surface area is 169 Å². The summed E-state index contributed by atoms with van der Waals surface area (Å²) in [5.41, 5.74) is -2.79. The summed E-state index contributed by atoms with van der Waals surface area (Å²) in [5.74, 6) is -1.20. The topological polar surface area (TPSA) is 121 Å². The molecule has 1 aromatic rings. The zero-order chi connectivity index (χ0) is 22.6. The second-order valence-corrected chi connectivity index (χ2v) is 7.85. The highest BCUT2D eigenvalue weighted by Crippen LogP contribution is 2.34. The van der Waals surface area contributed by atoms with Gasteiger partial charge in [0, 0.05) is 0 Å². The number of rotatable bonds is 4. The first-order chi connectivity index (χ1) is 13.2. The van der Waals surface area contributed by atoms with Crippen LogP contribution in [0.15, 0.2) is 6.07 Å². The van der Waals surface area contributed by atoms with Crippen LogP contribution < -0.4 is 9.64 Å². The van der Waals surface area contributed by atoms with Gasteiger partial charge in [-0.15, -0.1) is 0 Å². The zero-order valence-corrected chi connectivity index (χ0v) is 17.8. The summed E-state index contributed by atoms with van der Waals surface area (Å²) in [4.78, 5) is 53.5. The van der Waals surface area contributed by atoms with Crippen molar-refractivity contribution in [1.82, 2.24) is 4.98 Å². The molecule has 0 saturated carbocycles. The van der Waals surface area contributed by atoms with Gasteiger partial charge in [-0.2, -0.15) is 4.90 Å². The fourth-order valence-corrected chi connectivity index (χ4v) is 2.09. The minimum Gasteiger partial charge on any atom is -0.492 e. The summed E-state index contributed by atoms with van der Waals surface area (Å²) in [7, 11) is 2.31. The highest BCUT2D eigenvalue weighted by molar-refractivity contribution is 6.12. The zero-order valence-electron chi connectivity index (χ0n) is 17.8. The molecule has 0 radical (unpaired) electrons. The normalized spacial score (nSPS) is 11.3. The van der Waals surface area contributed by atoms with E-state index in [-0.39, 0.29) is 17.1 Å². The second-order valence-electron chi connectivity index (χ2n) is 7.85. The van der Waals surface area contributed by atoms with Crippen molar-refractivity contribution in [2.45, 2.75) is 52.7 Å². The van der Waals surface area contributed by atoms with Gasteiger partial charge in [-0.05, 0) is 47.6 Å². The molecule has 29 heavy (non-hydrogen) atoms. The van der Waals surface area contributed by atoms with Gasteiger partial charge in [-0.25, -0.2) is 19.4 Å². The van der Waals surface area contributed by atoms with E-state index in [1.165, 1.54) is 7.11 Å². The molecule has 2 amide bonds. The van der Waals surface area contributed by atoms with Crippen LogP contribution in [0, 0.1) is 0 Å². The average molecular weight is 410 g/mol. The third kappa shape index (κ3) is 6.44. The number of ether oxygens (including phenoxy) is 4. The molecule has 0 aromatic carbocycles. The van der Waals surface area contributed by atoms with E-state index in [0.717, 1.165) is 13.2 Å². The number of esters is 1. The molecule has 0 spiro atoms. The van der Waals surface area contributed by atoms with E-state index in [4.69, 9.17) is 14.2 Å². The average Bonchev–Trinajstić information content (AvgIpc) is 2.57. The van der Waals surface area contributed by atoms with Gasteiger partial charge in [-0.1, -0.05) is 0 Å². The van der Waals surface area contributed by atoms with Gasteiger partial charge in [0.05, 0.1) is 14.2 Å². The fraction of sp³-hybridized carbons (Fsp3) is 0.526. The van der Waals surface area contributed by atoms with Crippen molar-refractivity contribution in [3.63, 3.8) is 0 Å². The molecule has 0 fully saturated rings. The summed E-state index contributed by atoms with van der Waals surface area (Å²) in [6, 6.07) is 1.10. The summed E-state index contributed by atoms with van der Waals surface area (Å²) in [6.07, 6.45) is -1.84. The number of hydrogen-bond acceptors (Lipinski definition) is 9. The van der Waals surface area contributed by atoms with Crippen LogP contribution in [0.3, 0.4) is 0 Å². The predicted molar refractivity (Wildman–Crippen MR) is 102 cm³/mol. The van der Waals surface area contributed by atoms with E-state index < -0.39 is 35.1 Å². The largest absolute Gasteiger partial charge is 0.492 e. The van der Waals surface area contributed by atoms with Crippen LogP contribution in [-0.4, -0.2) is 54.8 Å². The van der Waals surface area contributed by atoms with E-state index in [2.05, 4.69) is 9.72 Å². The maximum Gasteiger partial charge on any atom is 0.424 e. The number of aromatic nitrogens is 1. The van der Waals surface area contributed by atoms with E-state index in [9.17, 15) is 19.2 Å². The van der Waals surface area contributed by atoms with Crippen molar-refractivity contribution in [3.8, 4) is 5.75 Å². The van der Waals surface area contributed by atoms with Gasteiger partial charge in [-0.3, -0.25) is 4.79 Å². The van der Waals surface area contributed by atoms with Crippen LogP contribution in [0.2, 0.25) is 0 Å². The first-order valence-corrected chi connectivity index (χ1v) is 8.62. The third-order valence-corrected chi connectivity index (χ3v) is 3.07. The maximum atomic E-state index is 12.8. The molecule has 0 aliphatic rings. The van der Waals surface area contributed by atoms with Crippen molar-refractivity contribution in [2.24, 2.45) is 0 Å². The Bertz CT molecular complexity index is 778. The Morgan fingerprint density at radius 3 is 1.79 bits per heavy atom. The third-order valence-electron chi connectivity index (χ3n) is 3.07. The molecule has 10 nitrogen and oxygen atoms in total. The number of imide groups is 1. The van der Waals surface area contributed by atoms with E-state index in [1.54, 1.807) is 41.5 Å². The van der Waals surface area contributed by atoms with Crippen LogP contribution in [0.5, 0.6) is 5.75 Å². The van der Waals surface area contributed by atoms with Gasteiger partial charge in [0.15, 0.2) is 17.7 Å². The number of carbonyl (C=O) groups is 4. The Morgan fingerprint density at radius 1 is 0.966 bits per heavy atom. The van der Waals surface area contributed by atoms with Crippen molar-refractivity contribution in [2.75, 3.05) is 19.1 Å². The quantitative estimate of drug-likeness (QED) is 0.418. The lowest BCUT2D eigenvalue weighted by Crippen LogP contribution is -2.44. The Morgan fingerprint density at radius 2 is 1.45 bits per heavy atom. The number of amides is 2. The molecular formula is C19H26N2O8. The van der Waals surface area contributed by atoms with Crippen molar-refractivity contribution in [3.05, 3.63) is 17.5 Å². The summed E-state index contributed by atoms with van der Waals surface area (Å²) in [6.45, 7) is 9.66. The van der Waals surface area contributed by atoms with Crippen molar-refractivity contribution < 1.29 is 38.1 Å². The summed E-state index contributed by atoms with van der Waals surface area (Å²) in [5, 5.41) is 0. The standard InChI is InChI=1S/C19H26N2O8/c1-18(2,3)28-16(24)21(17(25)29-19(4,5)6)12-9-11(10-22)20-13(14(12)26-7)15(23)27-8/h9-10H,1-8H3. The molecule has 10 heteroatoms. The number of carbonyl (C=O) groups excluding carboxylic acids is 4. The predicted octanol–water partition coefficient (Wildman–Crippen LogP) is 3.37. The minimum atomic E-state index is -1.09. The number of anilines is 1. The van der Waals surface area contributed by atoms with Crippen LogP contribution in [0.1, 0.15) is 62.5 Å². The van der Waals surface area contributed by atoms with Gasteiger partial charge in [0.1, 0.15) is 22.6 Å². The second kappa shape index (κ2) is 8.89. The number of nitrogens with zero attached hydrogens (tertiary/aromatic N) is 2. The highest BCUT2D eigenvalue weighted by Gasteiger charge is 2.36. The van der Waals surface area contributed by atoms with Gasteiger partial charge in [0.2, 0.25) is 0 Å². The molecule has 0 saturated heterocycles. The van der Waals surface area contributed by atoms with Gasteiger partial charge < -0.3 is 18.9 Å². The molecule has 0 N–H and O–H groups in total. The first-order valence-electron chi connectivity index (χ1n) is 8.62. The van der Waals surface area contributed by atoms with Crippen molar-refractivity contribution in [1.29, 1.82) is 0 Å². The molecule has 0 unspecified atom stereocenters. The van der Waals surface area contributed by atoms with E-state index in [1.807, 2.05) is 0 Å². The van der Waals surface area contributed by atoms with Crippen LogP contribution in [0.25, 0.3) is 0 Å². The van der Waals surface area contributed by atoms with E-state index >= 15 is 0 Å². The lowest BCUT2D eigenvalue weighted by atomic mass is 10.2. The number of hydrogen-bond donors (Lipinski definition) is 0. The maximum absolute atomic E-state index is 12.8. The van der Waals surface area contributed by atoms with Gasteiger partial charge in [0.25, 0.3) is 0 Å². The Hall–Kier alpha value is -3.17. The van der Waals surface area contributed by atoms with E-state index in [0.29, 0.717) is 11.2 Å². The molecule has 1 aromatic heterocycles.